The summed E-state index contributed by atoms with van der Waals surface area (Å²) in [5, 5.41) is 13.8. The van der Waals surface area contributed by atoms with Crippen LogP contribution >= 0.6 is 0 Å². The number of nitrogens with zero attached hydrogens (tertiary/aromatic N) is 1. The third kappa shape index (κ3) is 3.49. The minimum Gasteiger partial charge on any atom is -0.313 e. The van der Waals surface area contributed by atoms with Crippen LogP contribution in [0.2, 0.25) is 0 Å². The molecule has 19 heavy (non-hydrogen) atoms. The highest BCUT2D eigenvalue weighted by molar-refractivity contribution is 7.89. The highest BCUT2D eigenvalue weighted by atomic mass is 32.2. The van der Waals surface area contributed by atoms with E-state index in [2.05, 4.69) is 10.0 Å². The molecule has 0 spiro atoms. The Hall–Kier alpha value is -1.51. The van der Waals surface area contributed by atoms with Gasteiger partial charge in [0.15, 0.2) is 0 Å². The van der Waals surface area contributed by atoms with E-state index in [-0.39, 0.29) is 16.6 Å². The van der Waals surface area contributed by atoms with Crippen molar-refractivity contribution < 1.29 is 13.3 Å². The summed E-state index contributed by atoms with van der Waals surface area (Å²) in [7, 11) is -3.70. The molecule has 1 aromatic rings. The average molecular weight is 285 g/mol. The van der Waals surface area contributed by atoms with Crippen LogP contribution in [-0.4, -0.2) is 32.5 Å². The fraction of sp³-hybridized carbons (Fsp3) is 0.455. The monoisotopic (exact) mass is 285 g/mol. The highest BCUT2D eigenvalue weighted by Crippen LogP contribution is 2.17. The van der Waals surface area contributed by atoms with E-state index in [0.29, 0.717) is 6.54 Å². The highest BCUT2D eigenvalue weighted by Gasteiger charge is 2.20. The summed E-state index contributed by atoms with van der Waals surface area (Å²) in [6, 6.07) is 5.16. The molecular weight excluding hydrogens is 270 g/mol. The van der Waals surface area contributed by atoms with Crippen molar-refractivity contribution in [1.29, 1.82) is 0 Å². The van der Waals surface area contributed by atoms with Gasteiger partial charge >= 0.3 is 0 Å². The third-order valence-electron chi connectivity index (χ3n) is 3.02. The Labute approximate surface area is 111 Å². The molecule has 0 aliphatic carbocycles. The summed E-state index contributed by atoms with van der Waals surface area (Å²) in [4.78, 5) is 9.93. The third-order valence-corrected chi connectivity index (χ3v) is 4.44. The first kappa shape index (κ1) is 13.9. The summed E-state index contributed by atoms with van der Waals surface area (Å²) in [6.07, 6.45) is 1.96. The first-order valence-corrected chi connectivity index (χ1v) is 7.45. The molecule has 7 nitrogen and oxygen atoms in total. The van der Waals surface area contributed by atoms with Gasteiger partial charge in [-0.3, -0.25) is 10.1 Å². The number of benzene rings is 1. The lowest BCUT2D eigenvalue weighted by Crippen LogP contribution is -2.37. The van der Waals surface area contributed by atoms with Crippen LogP contribution in [0.1, 0.15) is 12.8 Å². The van der Waals surface area contributed by atoms with E-state index in [9.17, 15) is 18.5 Å². The summed E-state index contributed by atoms with van der Waals surface area (Å²) in [5.41, 5.74) is -0.234. The second kappa shape index (κ2) is 5.64. The molecule has 1 aliphatic heterocycles. The van der Waals surface area contributed by atoms with Gasteiger partial charge in [0.25, 0.3) is 5.69 Å². The van der Waals surface area contributed by atoms with E-state index >= 15 is 0 Å². The molecule has 1 aliphatic rings. The number of sulfonamides is 1. The Morgan fingerprint density at radius 2 is 2.26 bits per heavy atom. The minimum atomic E-state index is -3.70. The maximum atomic E-state index is 12.0. The molecule has 0 radical (unpaired) electrons. The van der Waals surface area contributed by atoms with Crippen LogP contribution in [0.4, 0.5) is 5.69 Å². The molecule has 0 bridgehead atoms. The lowest BCUT2D eigenvalue weighted by molar-refractivity contribution is -0.385. The first-order valence-electron chi connectivity index (χ1n) is 5.96. The predicted octanol–water partition coefficient (Wildman–Crippen LogP) is 0.625. The van der Waals surface area contributed by atoms with Gasteiger partial charge in [-0.25, -0.2) is 13.1 Å². The van der Waals surface area contributed by atoms with Crippen molar-refractivity contribution in [3.63, 3.8) is 0 Å². The molecule has 0 aromatic heterocycles. The summed E-state index contributed by atoms with van der Waals surface area (Å²) in [5.74, 6) is 0. The van der Waals surface area contributed by atoms with E-state index in [1.54, 1.807) is 0 Å². The van der Waals surface area contributed by atoms with E-state index < -0.39 is 14.9 Å². The summed E-state index contributed by atoms with van der Waals surface area (Å²) >= 11 is 0. The van der Waals surface area contributed by atoms with Crippen molar-refractivity contribution in [3.8, 4) is 0 Å². The molecule has 2 N–H and O–H groups in total. The number of hydrogen-bond acceptors (Lipinski definition) is 5. The lowest BCUT2D eigenvalue weighted by atomic mass is 10.2. The van der Waals surface area contributed by atoms with Crippen LogP contribution in [0.15, 0.2) is 29.2 Å². The van der Waals surface area contributed by atoms with Crippen LogP contribution in [0.25, 0.3) is 0 Å². The Morgan fingerprint density at radius 1 is 1.47 bits per heavy atom. The van der Waals surface area contributed by atoms with E-state index in [1.165, 1.54) is 18.2 Å². The Morgan fingerprint density at radius 3 is 2.89 bits per heavy atom. The second-order valence-corrected chi connectivity index (χ2v) is 6.17. The van der Waals surface area contributed by atoms with Gasteiger partial charge in [0, 0.05) is 24.7 Å². The molecule has 0 amide bonds. The topological polar surface area (TPSA) is 101 Å². The van der Waals surface area contributed by atoms with Gasteiger partial charge in [-0.1, -0.05) is 6.07 Å². The zero-order chi connectivity index (χ0) is 13.9. The quantitative estimate of drug-likeness (QED) is 0.610. The van der Waals surface area contributed by atoms with E-state index in [1.807, 2.05) is 0 Å². The maximum absolute atomic E-state index is 12.0. The second-order valence-electron chi connectivity index (χ2n) is 4.40. The van der Waals surface area contributed by atoms with Crippen molar-refractivity contribution >= 4 is 15.7 Å². The van der Waals surface area contributed by atoms with Crippen LogP contribution < -0.4 is 10.0 Å². The normalized spacial score (nSPS) is 19.5. The predicted molar refractivity (Wildman–Crippen MR) is 69.3 cm³/mol. The molecular formula is C11H15N3O4S. The first-order chi connectivity index (χ1) is 8.99. The van der Waals surface area contributed by atoms with Gasteiger partial charge in [-0.15, -0.1) is 0 Å². The average Bonchev–Trinajstić information content (AvgIpc) is 2.90. The van der Waals surface area contributed by atoms with Crippen molar-refractivity contribution in [2.45, 2.75) is 23.8 Å². The SMILES string of the molecule is O=[N+]([O-])c1cccc(S(=O)(=O)NCC2CCCN2)c1. The van der Waals surface area contributed by atoms with Crippen molar-refractivity contribution in [3.05, 3.63) is 34.4 Å². The molecule has 1 fully saturated rings. The van der Waals surface area contributed by atoms with Gasteiger partial charge < -0.3 is 5.32 Å². The van der Waals surface area contributed by atoms with Crippen LogP contribution in [0.3, 0.4) is 0 Å². The van der Waals surface area contributed by atoms with E-state index in [4.69, 9.17) is 0 Å². The smallest absolute Gasteiger partial charge is 0.270 e. The zero-order valence-corrected chi connectivity index (χ0v) is 11.0. The molecule has 1 saturated heterocycles. The number of nitro groups is 1. The maximum Gasteiger partial charge on any atom is 0.270 e. The fourth-order valence-corrected chi connectivity index (χ4v) is 3.11. The van der Waals surface area contributed by atoms with Gasteiger partial charge in [0.2, 0.25) is 10.0 Å². The van der Waals surface area contributed by atoms with Crippen molar-refractivity contribution in [1.82, 2.24) is 10.0 Å². The fourth-order valence-electron chi connectivity index (χ4n) is 1.99. The zero-order valence-electron chi connectivity index (χ0n) is 10.2. The number of nitrogens with one attached hydrogen (secondary N) is 2. The standard InChI is InChI=1S/C11H15N3O4S/c15-14(16)10-4-1-5-11(7-10)19(17,18)13-8-9-3-2-6-12-9/h1,4-5,7,9,12-13H,2-3,6,8H2. The van der Waals surface area contributed by atoms with Gasteiger partial charge in [0.05, 0.1) is 9.82 Å². The Bertz CT molecular complexity index is 567. The van der Waals surface area contributed by atoms with Crippen molar-refractivity contribution in [2.75, 3.05) is 13.1 Å². The van der Waals surface area contributed by atoms with Crippen LogP contribution in [0, 0.1) is 10.1 Å². The Kier molecular flexibility index (Phi) is 4.13. The van der Waals surface area contributed by atoms with Crippen LogP contribution in [0.5, 0.6) is 0 Å². The molecule has 8 heteroatoms. The molecule has 1 atom stereocenters. The van der Waals surface area contributed by atoms with Gasteiger partial charge in [-0.2, -0.15) is 0 Å². The van der Waals surface area contributed by atoms with Crippen LogP contribution in [-0.2, 0) is 10.0 Å². The van der Waals surface area contributed by atoms with Gasteiger partial charge in [-0.05, 0) is 25.5 Å². The molecule has 1 heterocycles. The molecule has 1 aromatic carbocycles. The lowest BCUT2D eigenvalue weighted by Gasteiger charge is -2.11. The Balaban J connectivity index is 2.09. The van der Waals surface area contributed by atoms with Gasteiger partial charge in [0.1, 0.15) is 0 Å². The number of hydrogen-bond donors (Lipinski definition) is 2. The number of rotatable bonds is 5. The molecule has 1 unspecified atom stereocenters. The minimum absolute atomic E-state index is 0.0836. The van der Waals surface area contributed by atoms with Crippen molar-refractivity contribution in [2.24, 2.45) is 0 Å². The molecule has 0 saturated carbocycles. The number of nitro benzene ring substituents is 1. The summed E-state index contributed by atoms with van der Waals surface area (Å²) in [6.45, 7) is 1.19. The largest absolute Gasteiger partial charge is 0.313 e. The number of non-ortho nitro benzene ring substituents is 1. The molecule has 2 rings (SSSR count). The molecule has 104 valence electrons. The van der Waals surface area contributed by atoms with E-state index in [0.717, 1.165) is 25.5 Å². The summed E-state index contributed by atoms with van der Waals surface area (Å²) < 4.78 is 26.5.